The summed E-state index contributed by atoms with van der Waals surface area (Å²) in [5.74, 6) is 1.99. The fraction of sp³-hybridized carbons (Fsp3) is 0.444. The van der Waals surface area contributed by atoms with Crippen LogP contribution in [-0.2, 0) is 17.7 Å². The van der Waals surface area contributed by atoms with E-state index >= 15 is 0 Å². The molecular weight excluding hydrogens is 428 g/mol. The molecule has 33 heavy (non-hydrogen) atoms. The maximum atomic E-state index is 6.86. The number of rotatable bonds is 6. The first-order valence-electron chi connectivity index (χ1n) is 12.1. The van der Waals surface area contributed by atoms with Gasteiger partial charge in [0, 0.05) is 48.1 Å². The minimum Gasteiger partial charge on any atom is -0.362 e. The second-order valence-electron chi connectivity index (χ2n) is 9.18. The first kappa shape index (κ1) is 22.7. The number of imidazole rings is 1. The molecular formula is C27H34N4OS. The largest absolute Gasteiger partial charge is 0.362 e. The number of piperidine rings is 1. The summed E-state index contributed by atoms with van der Waals surface area (Å²) in [4.78, 5) is 8.87. The SMILES string of the molecule is Cc1c(-c2ccc(SCCN)cc2)nc2n1CCc1ccccc1C2OC1CCN(C)CC1. The maximum absolute atomic E-state index is 6.86. The Labute approximate surface area is 201 Å². The van der Waals surface area contributed by atoms with Gasteiger partial charge < -0.3 is 19.9 Å². The van der Waals surface area contributed by atoms with Crippen molar-refractivity contribution in [2.45, 2.75) is 49.8 Å². The molecule has 2 aliphatic heterocycles. The first-order valence-corrected chi connectivity index (χ1v) is 13.0. The summed E-state index contributed by atoms with van der Waals surface area (Å²) in [6, 6.07) is 17.5. The Morgan fingerprint density at radius 1 is 1.06 bits per heavy atom. The van der Waals surface area contributed by atoms with Crippen LogP contribution < -0.4 is 5.73 Å². The van der Waals surface area contributed by atoms with Gasteiger partial charge in [0.1, 0.15) is 11.9 Å². The summed E-state index contributed by atoms with van der Waals surface area (Å²) in [5, 5.41) is 0. The van der Waals surface area contributed by atoms with Crippen molar-refractivity contribution in [2.75, 3.05) is 32.4 Å². The minimum atomic E-state index is -0.121. The highest BCUT2D eigenvalue weighted by Gasteiger charge is 2.32. The van der Waals surface area contributed by atoms with E-state index in [1.165, 1.54) is 21.7 Å². The molecule has 3 heterocycles. The van der Waals surface area contributed by atoms with E-state index in [2.05, 4.69) is 72.0 Å². The van der Waals surface area contributed by atoms with Gasteiger partial charge in [0.15, 0.2) is 0 Å². The topological polar surface area (TPSA) is 56.3 Å². The summed E-state index contributed by atoms with van der Waals surface area (Å²) in [5.41, 5.74) is 11.8. The average molecular weight is 463 g/mol. The van der Waals surface area contributed by atoms with E-state index in [4.69, 9.17) is 15.5 Å². The van der Waals surface area contributed by atoms with Gasteiger partial charge >= 0.3 is 0 Å². The Balaban J connectivity index is 1.50. The lowest BCUT2D eigenvalue weighted by Crippen LogP contribution is -2.35. The number of nitrogens with two attached hydrogens (primary N) is 1. The Morgan fingerprint density at radius 3 is 2.58 bits per heavy atom. The smallest absolute Gasteiger partial charge is 0.143 e. The van der Waals surface area contributed by atoms with Gasteiger partial charge in [-0.25, -0.2) is 4.98 Å². The quantitative estimate of drug-likeness (QED) is 0.540. The molecule has 0 aliphatic carbocycles. The van der Waals surface area contributed by atoms with Crippen LogP contribution in [0.4, 0.5) is 0 Å². The van der Waals surface area contributed by atoms with Crippen LogP contribution in [0, 0.1) is 6.92 Å². The normalized spacial score (nSPS) is 19.2. The van der Waals surface area contributed by atoms with E-state index < -0.39 is 0 Å². The minimum absolute atomic E-state index is 0.121. The average Bonchev–Trinajstić information content (AvgIpc) is 3.08. The van der Waals surface area contributed by atoms with Crippen molar-refractivity contribution in [3.05, 3.63) is 71.2 Å². The zero-order chi connectivity index (χ0) is 22.8. The highest BCUT2D eigenvalue weighted by atomic mass is 32.2. The zero-order valence-corrected chi connectivity index (χ0v) is 20.5. The van der Waals surface area contributed by atoms with Crippen LogP contribution in [0.1, 0.15) is 41.6 Å². The van der Waals surface area contributed by atoms with Gasteiger partial charge in [-0.3, -0.25) is 0 Å². The van der Waals surface area contributed by atoms with Gasteiger partial charge in [0.05, 0.1) is 11.8 Å². The number of fused-ring (bicyclic) bond motifs is 2. The van der Waals surface area contributed by atoms with Crippen LogP contribution in [0.5, 0.6) is 0 Å². The zero-order valence-electron chi connectivity index (χ0n) is 19.7. The van der Waals surface area contributed by atoms with Gasteiger partial charge in [0.25, 0.3) is 0 Å². The molecule has 2 aliphatic rings. The molecule has 2 aromatic carbocycles. The van der Waals surface area contributed by atoms with Crippen LogP contribution in [-0.4, -0.2) is 53.0 Å². The van der Waals surface area contributed by atoms with Crippen molar-refractivity contribution in [2.24, 2.45) is 5.73 Å². The lowest BCUT2D eigenvalue weighted by molar-refractivity contribution is -0.0276. The molecule has 174 valence electrons. The molecule has 0 bridgehead atoms. The van der Waals surface area contributed by atoms with Crippen molar-refractivity contribution >= 4 is 11.8 Å². The molecule has 0 saturated carbocycles. The van der Waals surface area contributed by atoms with Crippen molar-refractivity contribution in [3.8, 4) is 11.3 Å². The highest BCUT2D eigenvalue weighted by molar-refractivity contribution is 7.99. The number of aryl methyl sites for hydroxylation is 1. The summed E-state index contributed by atoms with van der Waals surface area (Å²) >= 11 is 1.80. The fourth-order valence-corrected chi connectivity index (χ4v) is 5.72. The number of aromatic nitrogens is 2. The lowest BCUT2D eigenvalue weighted by atomic mass is 10.00. The molecule has 5 rings (SSSR count). The maximum Gasteiger partial charge on any atom is 0.143 e. The van der Waals surface area contributed by atoms with Crippen molar-refractivity contribution in [1.29, 1.82) is 0 Å². The van der Waals surface area contributed by atoms with Gasteiger partial charge in [-0.2, -0.15) is 0 Å². The third-order valence-electron chi connectivity index (χ3n) is 6.94. The molecule has 1 atom stereocenters. The van der Waals surface area contributed by atoms with Gasteiger partial charge in [-0.1, -0.05) is 36.4 Å². The third-order valence-corrected chi connectivity index (χ3v) is 7.98. The third kappa shape index (κ3) is 4.76. The summed E-state index contributed by atoms with van der Waals surface area (Å²) < 4.78 is 9.25. The van der Waals surface area contributed by atoms with Crippen LogP contribution in [0.2, 0.25) is 0 Å². The van der Waals surface area contributed by atoms with Crippen LogP contribution in [0.3, 0.4) is 0 Å². The molecule has 6 heteroatoms. The Hall–Kier alpha value is -2.12. The van der Waals surface area contributed by atoms with Crippen molar-refractivity contribution in [1.82, 2.24) is 14.5 Å². The monoisotopic (exact) mass is 462 g/mol. The first-order chi connectivity index (χ1) is 16.1. The van der Waals surface area contributed by atoms with E-state index in [0.717, 1.165) is 61.7 Å². The van der Waals surface area contributed by atoms with Crippen LogP contribution >= 0.6 is 11.8 Å². The summed E-state index contributed by atoms with van der Waals surface area (Å²) in [7, 11) is 2.19. The Kier molecular flexibility index (Phi) is 6.88. The predicted octanol–water partition coefficient (Wildman–Crippen LogP) is 4.67. The van der Waals surface area contributed by atoms with Gasteiger partial charge in [0.2, 0.25) is 0 Å². The number of ether oxygens (including phenoxy) is 1. The predicted molar refractivity (Wildman–Crippen MR) is 136 cm³/mol. The molecule has 1 aromatic heterocycles. The Morgan fingerprint density at radius 2 is 1.82 bits per heavy atom. The van der Waals surface area contributed by atoms with Crippen LogP contribution in [0.15, 0.2) is 53.4 Å². The fourth-order valence-electron chi connectivity index (χ4n) is 5.03. The molecule has 1 saturated heterocycles. The summed E-state index contributed by atoms with van der Waals surface area (Å²) in [6.07, 6.45) is 3.30. The second-order valence-corrected chi connectivity index (χ2v) is 10.4. The van der Waals surface area contributed by atoms with Crippen LogP contribution in [0.25, 0.3) is 11.3 Å². The van der Waals surface area contributed by atoms with E-state index in [1.807, 2.05) is 0 Å². The van der Waals surface area contributed by atoms with Gasteiger partial charge in [-0.05, 0) is 56.5 Å². The molecule has 1 fully saturated rings. The number of nitrogens with zero attached hydrogens (tertiary/aromatic N) is 3. The highest BCUT2D eigenvalue weighted by Crippen LogP contribution is 2.37. The molecule has 0 spiro atoms. The molecule has 2 N–H and O–H groups in total. The number of hydrogen-bond acceptors (Lipinski definition) is 5. The number of benzene rings is 2. The van der Waals surface area contributed by atoms with E-state index in [1.54, 1.807) is 11.8 Å². The van der Waals surface area contributed by atoms with E-state index in [-0.39, 0.29) is 12.2 Å². The van der Waals surface area contributed by atoms with Crippen molar-refractivity contribution in [3.63, 3.8) is 0 Å². The van der Waals surface area contributed by atoms with E-state index in [9.17, 15) is 0 Å². The molecule has 0 amide bonds. The lowest BCUT2D eigenvalue weighted by Gasteiger charge is -2.32. The molecule has 1 unspecified atom stereocenters. The number of hydrogen-bond donors (Lipinski definition) is 1. The number of thioether (sulfide) groups is 1. The molecule has 0 radical (unpaired) electrons. The van der Waals surface area contributed by atoms with E-state index in [0.29, 0.717) is 6.54 Å². The number of likely N-dealkylation sites (tertiary alicyclic amines) is 1. The molecule has 3 aromatic rings. The Bertz CT molecular complexity index is 1090. The standard InChI is InChI=1S/C27H34N4OS/c1-19-25(21-7-9-23(10-8-21)33-18-14-28)29-27-26(32-22-12-15-30(2)16-13-22)24-6-4-3-5-20(24)11-17-31(19)27/h3-10,22,26H,11-18,28H2,1-2H3. The summed E-state index contributed by atoms with van der Waals surface area (Å²) in [6.45, 7) is 6.01. The second kappa shape index (κ2) is 10.0. The molecule has 5 nitrogen and oxygen atoms in total. The van der Waals surface area contributed by atoms with Gasteiger partial charge in [-0.15, -0.1) is 11.8 Å². The van der Waals surface area contributed by atoms with Crippen molar-refractivity contribution < 1.29 is 4.74 Å².